The summed E-state index contributed by atoms with van der Waals surface area (Å²) in [5, 5.41) is 0. The third kappa shape index (κ3) is 2.50. The van der Waals surface area contributed by atoms with Gasteiger partial charge in [0, 0.05) is 12.7 Å². The van der Waals surface area contributed by atoms with E-state index in [0.717, 1.165) is 4.31 Å². The first kappa shape index (κ1) is 18.1. The minimum Gasteiger partial charge on any atom is -0.316 e. The van der Waals surface area contributed by atoms with Gasteiger partial charge in [0.25, 0.3) is 15.9 Å². The molecule has 0 unspecified atom stereocenters. The lowest BCUT2D eigenvalue weighted by Gasteiger charge is -2.56. The number of carbonyl (C=O) groups is 2. The van der Waals surface area contributed by atoms with Crippen LogP contribution in [0, 0.1) is 0 Å². The molecule has 2 aliphatic heterocycles. The van der Waals surface area contributed by atoms with Crippen LogP contribution in [0.3, 0.4) is 0 Å². The summed E-state index contributed by atoms with van der Waals surface area (Å²) < 4.78 is 27.4. The zero-order valence-electron chi connectivity index (χ0n) is 14.6. The van der Waals surface area contributed by atoms with Gasteiger partial charge in [0.15, 0.2) is 5.54 Å². The SMILES string of the molecule is CC(=O)N1CSC[C@@]12C(=O)N(S(=O)(=O)c1ccccc1)[C@H]2c1ccccc1. The molecule has 0 bridgehead atoms. The van der Waals surface area contributed by atoms with Crippen LogP contribution in [0.4, 0.5) is 0 Å². The Bertz CT molecular complexity index is 995. The van der Waals surface area contributed by atoms with Crippen molar-refractivity contribution in [3.05, 3.63) is 66.2 Å². The molecule has 0 aliphatic carbocycles. The maximum atomic E-state index is 13.2. The van der Waals surface area contributed by atoms with Crippen LogP contribution in [0.2, 0.25) is 0 Å². The molecule has 1 spiro atoms. The molecule has 4 rings (SSSR count). The van der Waals surface area contributed by atoms with Crippen molar-refractivity contribution >= 4 is 33.6 Å². The number of β-lactam (4-membered cyclic amide) rings is 1. The molecule has 0 saturated carbocycles. The number of hydrogen-bond acceptors (Lipinski definition) is 5. The van der Waals surface area contributed by atoms with Gasteiger partial charge >= 0.3 is 0 Å². The van der Waals surface area contributed by atoms with E-state index >= 15 is 0 Å². The highest BCUT2D eigenvalue weighted by Gasteiger charge is 2.70. The highest BCUT2D eigenvalue weighted by molar-refractivity contribution is 7.99. The van der Waals surface area contributed by atoms with E-state index in [2.05, 4.69) is 0 Å². The van der Waals surface area contributed by atoms with E-state index in [1.54, 1.807) is 42.5 Å². The number of thioether (sulfide) groups is 1. The third-order valence-electron chi connectivity index (χ3n) is 5.08. The number of carbonyl (C=O) groups excluding carboxylic acids is 2. The second kappa shape index (κ2) is 6.38. The largest absolute Gasteiger partial charge is 0.316 e. The normalized spacial score (nSPS) is 24.9. The molecule has 140 valence electrons. The Kier molecular flexibility index (Phi) is 4.27. The molecule has 2 amide bonds. The van der Waals surface area contributed by atoms with Gasteiger partial charge in [-0.25, -0.2) is 12.7 Å². The summed E-state index contributed by atoms with van der Waals surface area (Å²) in [7, 11) is -4.02. The van der Waals surface area contributed by atoms with Crippen LogP contribution in [-0.4, -0.2) is 46.6 Å². The summed E-state index contributed by atoms with van der Waals surface area (Å²) in [6.07, 6.45) is 0. The van der Waals surface area contributed by atoms with Gasteiger partial charge in [0.1, 0.15) is 6.04 Å². The quantitative estimate of drug-likeness (QED) is 0.736. The predicted molar refractivity (Wildman–Crippen MR) is 102 cm³/mol. The van der Waals surface area contributed by atoms with Gasteiger partial charge in [0.05, 0.1) is 10.8 Å². The summed E-state index contributed by atoms with van der Waals surface area (Å²) in [5.41, 5.74) is -0.454. The number of benzene rings is 2. The van der Waals surface area contributed by atoms with Gasteiger partial charge in [-0.1, -0.05) is 48.5 Å². The van der Waals surface area contributed by atoms with Gasteiger partial charge in [0.2, 0.25) is 5.91 Å². The number of nitrogens with zero attached hydrogens (tertiary/aromatic N) is 2. The Morgan fingerprint density at radius 1 is 1.07 bits per heavy atom. The van der Waals surface area contributed by atoms with Crippen molar-refractivity contribution in [3.8, 4) is 0 Å². The molecule has 2 heterocycles. The van der Waals surface area contributed by atoms with Gasteiger partial charge in [-0.15, -0.1) is 11.8 Å². The fourth-order valence-electron chi connectivity index (χ4n) is 3.81. The molecule has 2 fully saturated rings. The highest BCUT2D eigenvalue weighted by Crippen LogP contribution is 2.54. The second-order valence-electron chi connectivity index (χ2n) is 6.58. The molecule has 2 aromatic carbocycles. The molecule has 0 radical (unpaired) electrons. The molecule has 2 saturated heterocycles. The number of sulfonamides is 1. The van der Waals surface area contributed by atoms with Crippen molar-refractivity contribution in [2.24, 2.45) is 0 Å². The minimum atomic E-state index is -4.02. The van der Waals surface area contributed by atoms with Crippen LogP contribution >= 0.6 is 11.8 Å². The molecule has 2 aromatic rings. The Morgan fingerprint density at radius 2 is 1.67 bits per heavy atom. The van der Waals surface area contributed by atoms with E-state index in [4.69, 9.17) is 0 Å². The van der Waals surface area contributed by atoms with E-state index in [0.29, 0.717) is 17.2 Å². The zero-order chi connectivity index (χ0) is 19.2. The van der Waals surface area contributed by atoms with Crippen molar-refractivity contribution in [3.63, 3.8) is 0 Å². The van der Waals surface area contributed by atoms with E-state index in [-0.39, 0.29) is 10.8 Å². The lowest BCUT2D eigenvalue weighted by Crippen LogP contribution is -2.76. The van der Waals surface area contributed by atoms with Crippen LogP contribution < -0.4 is 0 Å². The third-order valence-corrected chi connectivity index (χ3v) is 7.92. The second-order valence-corrected chi connectivity index (χ2v) is 9.35. The van der Waals surface area contributed by atoms with Crippen LogP contribution in [0.15, 0.2) is 65.6 Å². The molecule has 27 heavy (non-hydrogen) atoms. The topological polar surface area (TPSA) is 74.8 Å². The monoisotopic (exact) mass is 402 g/mol. The van der Waals surface area contributed by atoms with Crippen molar-refractivity contribution in [1.29, 1.82) is 0 Å². The van der Waals surface area contributed by atoms with E-state index < -0.39 is 27.5 Å². The predicted octanol–water partition coefficient (Wildman–Crippen LogP) is 2.25. The lowest BCUT2D eigenvalue weighted by molar-refractivity contribution is -0.167. The summed E-state index contributed by atoms with van der Waals surface area (Å²) in [6.45, 7) is 1.41. The van der Waals surface area contributed by atoms with Crippen molar-refractivity contribution in [2.45, 2.75) is 23.4 Å². The maximum Gasteiger partial charge on any atom is 0.267 e. The van der Waals surface area contributed by atoms with E-state index in [1.807, 2.05) is 6.07 Å². The minimum absolute atomic E-state index is 0.0640. The average molecular weight is 402 g/mol. The smallest absolute Gasteiger partial charge is 0.267 e. The van der Waals surface area contributed by atoms with Crippen molar-refractivity contribution < 1.29 is 18.0 Å². The average Bonchev–Trinajstić information content (AvgIpc) is 3.14. The van der Waals surface area contributed by atoms with E-state index in [1.165, 1.54) is 35.7 Å². The lowest BCUT2D eigenvalue weighted by atomic mass is 9.77. The molecule has 0 N–H and O–H groups in total. The summed E-state index contributed by atoms with van der Waals surface area (Å²) >= 11 is 1.47. The molecule has 8 heteroatoms. The molecular weight excluding hydrogens is 384 g/mol. The molecule has 0 aromatic heterocycles. The standard InChI is InChI=1S/C19H18N2O4S2/c1-14(22)20-13-26-12-19(20)17(15-8-4-2-5-9-15)21(18(19)23)27(24,25)16-10-6-3-7-11-16/h2-11,17H,12-13H2,1H3/t17-,19+/m0/s1. The maximum absolute atomic E-state index is 13.2. The van der Waals surface area contributed by atoms with Crippen molar-refractivity contribution in [1.82, 2.24) is 9.21 Å². The molecule has 2 atom stereocenters. The molecule has 6 nitrogen and oxygen atoms in total. The Hall–Kier alpha value is -2.32. The summed E-state index contributed by atoms with van der Waals surface area (Å²) in [5.74, 6) is -0.0125. The Morgan fingerprint density at radius 3 is 2.26 bits per heavy atom. The van der Waals surface area contributed by atoms with Crippen LogP contribution in [0.5, 0.6) is 0 Å². The fraction of sp³-hybridized carbons (Fsp3) is 0.263. The van der Waals surface area contributed by atoms with Crippen LogP contribution in [-0.2, 0) is 19.6 Å². The van der Waals surface area contributed by atoms with Gasteiger partial charge in [-0.3, -0.25) is 9.59 Å². The Labute approximate surface area is 162 Å². The highest BCUT2D eigenvalue weighted by atomic mass is 32.2. The van der Waals surface area contributed by atoms with Gasteiger partial charge < -0.3 is 4.90 Å². The first-order valence-corrected chi connectivity index (χ1v) is 11.0. The molecular formula is C19H18N2O4S2. The Balaban J connectivity index is 1.86. The van der Waals surface area contributed by atoms with Gasteiger partial charge in [-0.2, -0.15) is 0 Å². The van der Waals surface area contributed by atoms with Crippen molar-refractivity contribution in [2.75, 3.05) is 11.6 Å². The first-order chi connectivity index (χ1) is 12.9. The van der Waals surface area contributed by atoms with Crippen LogP contribution in [0.1, 0.15) is 18.5 Å². The van der Waals surface area contributed by atoms with Gasteiger partial charge in [-0.05, 0) is 17.7 Å². The summed E-state index contributed by atoms with van der Waals surface area (Å²) in [4.78, 5) is 27.0. The summed E-state index contributed by atoms with van der Waals surface area (Å²) in [6, 6.07) is 16.2. The van der Waals surface area contributed by atoms with E-state index in [9.17, 15) is 18.0 Å². The first-order valence-electron chi connectivity index (χ1n) is 8.45. The van der Waals surface area contributed by atoms with Crippen LogP contribution in [0.25, 0.3) is 0 Å². The number of hydrogen-bond donors (Lipinski definition) is 0. The number of rotatable bonds is 3. The number of amides is 2. The zero-order valence-corrected chi connectivity index (χ0v) is 16.2. The molecule has 2 aliphatic rings. The fourth-order valence-corrected chi connectivity index (χ4v) is 6.93.